The van der Waals surface area contributed by atoms with Crippen molar-refractivity contribution in [2.24, 2.45) is 5.92 Å². The van der Waals surface area contributed by atoms with E-state index in [1.165, 1.54) is 0 Å². The molecule has 1 aliphatic rings. The maximum Gasteiger partial charge on any atom is 0.0701 e. The Labute approximate surface area is 67.3 Å². The van der Waals surface area contributed by atoms with E-state index in [1.54, 1.807) is 0 Å². The predicted octanol–water partition coefficient (Wildman–Crippen LogP) is 0.420. The fourth-order valence-electron chi connectivity index (χ4n) is 1.31. The summed E-state index contributed by atoms with van der Waals surface area (Å²) in [7, 11) is 0. The summed E-state index contributed by atoms with van der Waals surface area (Å²) in [5, 5.41) is 8.53. The standard InChI is InChI=1S/C8H16O3/c1-7-6-10-4-2-8(7)11-5-3-9/h7-9H,2-6H2,1H3/t7-,8-/m1/s1. The first-order chi connectivity index (χ1) is 5.34. The third-order valence-corrected chi connectivity index (χ3v) is 1.99. The fraction of sp³-hybridized carbons (Fsp3) is 1.00. The van der Waals surface area contributed by atoms with Crippen molar-refractivity contribution in [1.82, 2.24) is 0 Å². The van der Waals surface area contributed by atoms with Crippen LogP contribution in [-0.4, -0.2) is 37.6 Å². The van der Waals surface area contributed by atoms with Gasteiger partial charge in [0, 0.05) is 12.5 Å². The van der Waals surface area contributed by atoms with Crippen molar-refractivity contribution in [2.75, 3.05) is 26.4 Å². The number of ether oxygens (including phenoxy) is 2. The maximum absolute atomic E-state index is 8.53. The topological polar surface area (TPSA) is 38.7 Å². The zero-order chi connectivity index (χ0) is 8.10. The van der Waals surface area contributed by atoms with Gasteiger partial charge in [-0.3, -0.25) is 0 Å². The number of rotatable bonds is 3. The zero-order valence-electron chi connectivity index (χ0n) is 6.95. The normalized spacial score (nSPS) is 32.2. The van der Waals surface area contributed by atoms with Gasteiger partial charge in [-0.2, -0.15) is 0 Å². The molecule has 0 aromatic carbocycles. The average molecular weight is 160 g/mol. The Morgan fingerprint density at radius 1 is 1.64 bits per heavy atom. The van der Waals surface area contributed by atoms with Gasteiger partial charge >= 0.3 is 0 Å². The van der Waals surface area contributed by atoms with E-state index in [0.717, 1.165) is 19.6 Å². The van der Waals surface area contributed by atoms with E-state index in [1.807, 2.05) is 0 Å². The van der Waals surface area contributed by atoms with E-state index in [9.17, 15) is 0 Å². The van der Waals surface area contributed by atoms with Gasteiger partial charge < -0.3 is 14.6 Å². The first-order valence-electron chi connectivity index (χ1n) is 4.15. The van der Waals surface area contributed by atoms with Gasteiger partial charge in [0.25, 0.3) is 0 Å². The highest BCUT2D eigenvalue weighted by atomic mass is 16.5. The lowest BCUT2D eigenvalue weighted by atomic mass is 10.0. The van der Waals surface area contributed by atoms with Gasteiger partial charge in [0.05, 0.1) is 25.9 Å². The minimum absolute atomic E-state index is 0.115. The number of aliphatic hydroxyl groups is 1. The molecule has 1 saturated heterocycles. The third-order valence-electron chi connectivity index (χ3n) is 1.99. The highest BCUT2D eigenvalue weighted by molar-refractivity contribution is 4.69. The van der Waals surface area contributed by atoms with Crippen molar-refractivity contribution in [1.29, 1.82) is 0 Å². The number of hydrogen-bond acceptors (Lipinski definition) is 3. The Kier molecular flexibility index (Phi) is 3.83. The molecule has 0 aliphatic carbocycles. The summed E-state index contributed by atoms with van der Waals surface area (Å²) in [5.74, 6) is 0.468. The van der Waals surface area contributed by atoms with E-state index in [0.29, 0.717) is 12.5 Å². The number of hydrogen-bond donors (Lipinski definition) is 1. The molecule has 0 amide bonds. The molecular weight excluding hydrogens is 144 g/mol. The van der Waals surface area contributed by atoms with Crippen molar-refractivity contribution < 1.29 is 14.6 Å². The second kappa shape index (κ2) is 4.70. The Morgan fingerprint density at radius 3 is 3.09 bits per heavy atom. The van der Waals surface area contributed by atoms with E-state index in [2.05, 4.69) is 6.92 Å². The molecule has 1 rings (SSSR count). The van der Waals surface area contributed by atoms with Crippen LogP contribution in [0.2, 0.25) is 0 Å². The van der Waals surface area contributed by atoms with Crippen LogP contribution in [0.1, 0.15) is 13.3 Å². The molecule has 0 aromatic rings. The summed E-state index contributed by atoms with van der Waals surface area (Å²) in [6, 6.07) is 0. The summed E-state index contributed by atoms with van der Waals surface area (Å²) in [5.41, 5.74) is 0. The lowest BCUT2D eigenvalue weighted by Gasteiger charge is -2.28. The second-order valence-corrected chi connectivity index (χ2v) is 2.97. The minimum Gasteiger partial charge on any atom is -0.394 e. The summed E-state index contributed by atoms with van der Waals surface area (Å²) in [4.78, 5) is 0. The molecule has 0 saturated carbocycles. The van der Waals surface area contributed by atoms with E-state index in [-0.39, 0.29) is 12.7 Å². The molecule has 66 valence electrons. The monoisotopic (exact) mass is 160 g/mol. The summed E-state index contributed by atoms with van der Waals surface area (Å²) in [6.07, 6.45) is 1.25. The van der Waals surface area contributed by atoms with Gasteiger partial charge in [0.2, 0.25) is 0 Å². The molecule has 0 radical (unpaired) electrons. The molecule has 2 atom stereocenters. The maximum atomic E-state index is 8.53. The molecule has 3 heteroatoms. The van der Waals surface area contributed by atoms with Crippen LogP contribution >= 0.6 is 0 Å². The van der Waals surface area contributed by atoms with Gasteiger partial charge in [-0.25, -0.2) is 0 Å². The molecule has 0 aromatic heterocycles. The van der Waals surface area contributed by atoms with Crippen LogP contribution in [0.4, 0.5) is 0 Å². The van der Waals surface area contributed by atoms with Crippen molar-refractivity contribution in [3.8, 4) is 0 Å². The Hall–Kier alpha value is -0.120. The van der Waals surface area contributed by atoms with E-state index >= 15 is 0 Å². The van der Waals surface area contributed by atoms with Crippen LogP contribution in [0, 0.1) is 5.92 Å². The highest BCUT2D eigenvalue weighted by Crippen LogP contribution is 2.16. The summed E-state index contributed by atoms with van der Waals surface area (Å²) in [6.45, 7) is 4.26. The molecule has 1 aliphatic heterocycles. The van der Waals surface area contributed by atoms with Crippen LogP contribution in [0.3, 0.4) is 0 Å². The molecule has 11 heavy (non-hydrogen) atoms. The molecule has 1 heterocycles. The molecule has 3 nitrogen and oxygen atoms in total. The first kappa shape index (κ1) is 8.97. The van der Waals surface area contributed by atoms with E-state index in [4.69, 9.17) is 14.6 Å². The van der Waals surface area contributed by atoms with Gasteiger partial charge in [-0.05, 0) is 6.42 Å². The van der Waals surface area contributed by atoms with Crippen molar-refractivity contribution >= 4 is 0 Å². The molecule has 0 spiro atoms. The molecule has 1 fully saturated rings. The lowest BCUT2D eigenvalue weighted by Crippen LogP contribution is -2.32. The predicted molar refractivity (Wildman–Crippen MR) is 41.4 cm³/mol. The highest BCUT2D eigenvalue weighted by Gasteiger charge is 2.21. The van der Waals surface area contributed by atoms with Crippen LogP contribution in [0.15, 0.2) is 0 Å². The van der Waals surface area contributed by atoms with Crippen molar-refractivity contribution in [3.63, 3.8) is 0 Å². The molecule has 0 unspecified atom stereocenters. The first-order valence-corrected chi connectivity index (χ1v) is 4.15. The Bertz CT molecular complexity index is 106. The lowest BCUT2D eigenvalue weighted by molar-refractivity contribution is -0.0747. The van der Waals surface area contributed by atoms with Gasteiger partial charge in [-0.1, -0.05) is 6.92 Å². The third kappa shape index (κ3) is 2.77. The summed E-state index contributed by atoms with van der Waals surface area (Å²) < 4.78 is 10.7. The van der Waals surface area contributed by atoms with Gasteiger partial charge in [0.15, 0.2) is 0 Å². The van der Waals surface area contributed by atoms with Crippen LogP contribution in [0.25, 0.3) is 0 Å². The number of aliphatic hydroxyl groups excluding tert-OH is 1. The smallest absolute Gasteiger partial charge is 0.0701 e. The van der Waals surface area contributed by atoms with Crippen LogP contribution in [0.5, 0.6) is 0 Å². The van der Waals surface area contributed by atoms with Gasteiger partial charge in [-0.15, -0.1) is 0 Å². The SMILES string of the molecule is C[C@@H]1COCC[C@H]1OCCO. The fourth-order valence-corrected chi connectivity index (χ4v) is 1.31. The molecule has 0 bridgehead atoms. The zero-order valence-corrected chi connectivity index (χ0v) is 6.95. The Balaban J connectivity index is 2.18. The quantitative estimate of drug-likeness (QED) is 0.650. The second-order valence-electron chi connectivity index (χ2n) is 2.97. The Morgan fingerprint density at radius 2 is 2.45 bits per heavy atom. The van der Waals surface area contributed by atoms with E-state index < -0.39 is 0 Å². The largest absolute Gasteiger partial charge is 0.394 e. The van der Waals surface area contributed by atoms with Crippen LogP contribution in [-0.2, 0) is 9.47 Å². The summed E-state index contributed by atoms with van der Waals surface area (Å²) >= 11 is 0. The molecule has 1 N–H and O–H groups in total. The van der Waals surface area contributed by atoms with Crippen molar-refractivity contribution in [2.45, 2.75) is 19.4 Å². The molecular formula is C8H16O3. The van der Waals surface area contributed by atoms with Crippen LogP contribution < -0.4 is 0 Å². The average Bonchev–Trinajstić information content (AvgIpc) is 2.03. The van der Waals surface area contributed by atoms with Crippen molar-refractivity contribution in [3.05, 3.63) is 0 Å². The minimum atomic E-state index is 0.115. The van der Waals surface area contributed by atoms with Gasteiger partial charge in [0.1, 0.15) is 0 Å².